The molecule has 0 aromatic heterocycles. The van der Waals surface area contributed by atoms with E-state index in [9.17, 15) is 5.11 Å². The molecule has 0 aliphatic heterocycles. The number of hydrogen-bond acceptors (Lipinski definition) is 2. The van der Waals surface area contributed by atoms with Crippen molar-refractivity contribution < 1.29 is 5.11 Å². The van der Waals surface area contributed by atoms with E-state index in [1.54, 1.807) is 0 Å². The zero-order valence-electron chi connectivity index (χ0n) is 11.2. The normalized spacial score (nSPS) is 20.8. The van der Waals surface area contributed by atoms with E-state index < -0.39 is 0 Å². The molecule has 2 saturated carbocycles. The number of nitrogens with zero attached hydrogens (tertiary/aromatic N) is 1. The van der Waals surface area contributed by atoms with Gasteiger partial charge < -0.3 is 10.0 Å². The highest BCUT2D eigenvalue weighted by molar-refractivity contribution is 5.50. The number of aliphatic hydroxyl groups excluding tert-OH is 1. The molecule has 0 bridgehead atoms. The Morgan fingerprint density at radius 2 is 1.83 bits per heavy atom. The monoisotopic (exact) mass is 245 g/mol. The summed E-state index contributed by atoms with van der Waals surface area (Å²) in [5.41, 5.74) is 2.39. The van der Waals surface area contributed by atoms with Crippen LogP contribution in [0, 0.1) is 5.92 Å². The smallest absolute Gasteiger partial charge is 0.0787 e. The Balaban J connectivity index is 1.72. The highest BCUT2D eigenvalue weighted by Gasteiger charge is 2.33. The first-order valence-electron chi connectivity index (χ1n) is 7.32. The van der Waals surface area contributed by atoms with Crippen LogP contribution < -0.4 is 4.90 Å². The highest BCUT2D eigenvalue weighted by Crippen LogP contribution is 2.37. The third-order valence-corrected chi connectivity index (χ3v) is 4.14. The lowest BCUT2D eigenvalue weighted by Crippen LogP contribution is -2.27. The maximum absolute atomic E-state index is 9.82. The van der Waals surface area contributed by atoms with E-state index in [1.165, 1.54) is 37.9 Å². The van der Waals surface area contributed by atoms with Crippen LogP contribution in [0.25, 0.3) is 0 Å². The molecule has 2 fully saturated rings. The van der Waals surface area contributed by atoms with Gasteiger partial charge in [-0.1, -0.05) is 19.1 Å². The van der Waals surface area contributed by atoms with E-state index >= 15 is 0 Å². The SMILES string of the molecule is CC[C@H](O)c1ccc(N(CC2CC2)C2CC2)cc1. The number of hydrogen-bond donors (Lipinski definition) is 1. The van der Waals surface area contributed by atoms with Gasteiger partial charge in [-0.2, -0.15) is 0 Å². The maximum Gasteiger partial charge on any atom is 0.0787 e. The third-order valence-electron chi connectivity index (χ3n) is 4.14. The average molecular weight is 245 g/mol. The summed E-state index contributed by atoms with van der Waals surface area (Å²) in [6.07, 6.45) is 6.01. The zero-order chi connectivity index (χ0) is 12.5. The van der Waals surface area contributed by atoms with E-state index in [2.05, 4.69) is 29.2 Å². The molecule has 1 N–H and O–H groups in total. The van der Waals surface area contributed by atoms with Crippen molar-refractivity contribution in [2.24, 2.45) is 5.92 Å². The third kappa shape index (κ3) is 2.69. The second-order valence-corrected chi connectivity index (χ2v) is 5.84. The van der Waals surface area contributed by atoms with Crippen molar-refractivity contribution in [1.29, 1.82) is 0 Å². The Kier molecular flexibility index (Phi) is 3.29. The molecule has 0 unspecified atom stereocenters. The van der Waals surface area contributed by atoms with Crippen LogP contribution in [0.1, 0.15) is 50.7 Å². The van der Waals surface area contributed by atoms with Crippen LogP contribution in [-0.4, -0.2) is 17.7 Å². The number of rotatable bonds is 6. The van der Waals surface area contributed by atoms with Crippen molar-refractivity contribution in [2.45, 2.75) is 51.2 Å². The predicted octanol–water partition coefficient (Wildman–Crippen LogP) is 3.51. The molecule has 0 radical (unpaired) electrons. The number of anilines is 1. The summed E-state index contributed by atoms with van der Waals surface area (Å²) in [7, 11) is 0. The molecule has 1 atom stereocenters. The van der Waals surface area contributed by atoms with Gasteiger partial charge in [0.2, 0.25) is 0 Å². The minimum absolute atomic E-state index is 0.308. The van der Waals surface area contributed by atoms with Crippen molar-refractivity contribution in [3.63, 3.8) is 0 Å². The summed E-state index contributed by atoms with van der Waals surface area (Å²) < 4.78 is 0. The average Bonchev–Trinajstić information content (AvgIpc) is 3.28. The van der Waals surface area contributed by atoms with Gasteiger partial charge in [0.15, 0.2) is 0 Å². The molecule has 3 rings (SSSR count). The highest BCUT2D eigenvalue weighted by atomic mass is 16.3. The van der Waals surface area contributed by atoms with Gasteiger partial charge in [0, 0.05) is 18.3 Å². The van der Waals surface area contributed by atoms with Gasteiger partial charge in [-0.05, 0) is 55.7 Å². The van der Waals surface area contributed by atoms with Crippen molar-refractivity contribution in [3.8, 4) is 0 Å². The molecule has 18 heavy (non-hydrogen) atoms. The lowest BCUT2D eigenvalue weighted by molar-refractivity contribution is 0.173. The van der Waals surface area contributed by atoms with Crippen molar-refractivity contribution in [2.75, 3.05) is 11.4 Å². The Morgan fingerprint density at radius 3 is 2.33 bits per heavy atom. The number of benzene rings is 1. The fourth-order valence-corrected chi connectivity index (χ4v) is 2.55. The molecule has 1 aromatic carbocycles. The summed E-state index contributed by atoms with van der Waals surface area (Å²) in [6, 6.07) is 9.34. The Morgan fingerprint density at radius 1 is 1.17 bits per heavy atom. The molecular weight excluding hydrogens is 222 g/mol. The standard InChI is InChI=1S/C16H23NO/c1-2-16(18)13-5-7-14(8-6-13)17(15-9-10-15)11-12-3-4-12/h5-8,12,15-16,18H,2-4,9-11H2,1H3/t16-/m0/s1. The van der Waals surface area contributed by atoms with Gasteiger partial charge in [0.1, 0.15) is 0 Å². The largest absolute Gasteiger partial charge is 0.388 e. The molecule has 2 aliphatic carbocycles. The summed E-state index contributed by atoms with van der Waals surface area (Å²) in [5.74, 6) is 0.937. The summed E-state index contributed by atoms with van der Waals surface area (Å²) in [4.78, 5) is 2.58. The molecule has 98 valence electrons. The maximum atomic E-state index is 9.82. The Hall–Kier alpha value is -1.02. The quantitative estimate of drug-likeness (QED) is 0.829. The fraction of sp³-hybridized carbons (Fsp3) is 0.625. The number of aliphatic hydroxyl groups is 1. The van der Waals surface area contributed by atoms with Crippen LogP contribution in [0.4, 0.5) is 5.69 Å². The first kappa shape index (κ1) is 12.0. The van der Waals surface area contributed by atoms with Gasteiger partial charge in [-0.3, -0.25) is 0 Å². The van der Waals surface area contributed by atoms with Gasteiger partial charge >= 0.3 is 0 Å². The van der Waals surface area contributed by atoms with E-state index in [1.807, 2.05) is 6.92 Å². The first-order chi connectivity index (χ1) is 8.78. The van der Waals surface area contributed by atoms with Crippen LogP contribution in [0.3, 0.4) is 0 Å². The predicted molar refractivity (Wildman–Crippen MR) is 74.8 cm³/mol. The van der Waals surface area contributed by atoms with Crippen LogP contribution >= 0.6 is 0 Å². The van der Waals surface area contributed by atoms with E-state index in [0.717, 1.165) is 23.9 Å². The van der Waals surface area contributed by atoms with Crippen LogP contribution in [0.15, 0.2) is 24.3 Å². The lowest BCUT2D eigenvalue weighted by atomic mass is 10.1. The molecule has 1 aromatic rings. The van der Waals surface area contributed by atoms with E-state index in [-0.39, 0.29) is 6.10 Å². The lowest BCUT2D eigenvalue weighted by Gasteiger charge is -2.25. The molecule has 2 aliphatic rings. The van der Waals surface area contributed by atoms with Crippen LogP contribution in [0.2, 0.25) is 0 Å². The van der Waals surface area contributed by atoms with Gasteiger partial charge in [0.25, 0.3) is 0 Å². The molecule has 0 saturated heterocycles. The van der Waals surface area contributed by atoms with Crippen LogP contribution in [-0.2, 0) is 0 Å². The molecule has 2 nitrogen and oxygen atoms in total. The minimum atomic E-state index is -0.308. The van der Waals surface area contributed by atoms with E-state index in [0.29, 0.717) is 0 Å². The topological polar surface area (TPSA) is 23.5 Å². The van der Waals surface area contributed by atoms with Crippen LogP contribution in [0.5, 0.6) is 0 Å². The van der Waals surface area contributed by atoms with Gasteiger partial charge in [-0.15, -0.1) is 0 Å². The van der Waals surface area contributed by atoms with E-state index in [4.69, 9.17) is 0 Å². The second kappa shape index (κ2) is 4.93. The van der Waals surface area contributed by atoms with Gasteiger partial charge in [-0.25, -0.2) is 0 Å². The minimum Gasteiger partial charge on any atom is -0.388 e. The van der Waals surface area contributed by atoms with Crippen molar-refractivity contribution in [1.82, 2.24) is 0 Å². The first-order valence-corrected chi connectivity index (χ1v) is 7.32. The van der Waals surface area contributed by atoms with Gasteiger partial charge in [0.05, 0.1) is 6.10 Å². The molecule has 0 spiro atoms. The molecular formula is C16H23NO. The molecule has 2 heteroatoms. The summed E-state index contributed by atoms with van der Waals surface area (Å²) >= 11 is 0. The Labute approximate surface area is 110 Å². The summed E-state index contributed by atoms with van der Waals surface area (Å²) in [6.45, 7) is 3.25. The Bertz CT molecular complexity index is 392. The zero-order valence-corrected chi connectivity index (χ0v) is 11.2. The van der Waals surface area contributed by atoms with Crippen molar-refractivity contribution >= 4 is 5.69 Å². The molecule has 0 amide bonds. The van der Waals surface area contributed by atoms with Crippen molar-refractivity contribution in [3.05, 3.63) is 29.8 Å². The second-order valence-electron chi connectivity index (χ2n) is 5.84. The summed E-state index contributed by atoms with van der Waals surface area (Å²) in [5, 5.41) is 9.82. The fourth-order valence-electron chi connectivity index (χ4n) is 2.55. The molecule has 0 heterocycles.